The maximum absolute atomic E-state index is 12.7. The minimum Gasteiger partial charge on any atom is -0.337 e. The van der Waals surface area contributed by atoms with Crippen LogP contribution in [0.15, 0.2) is 83.9 Å². The number of anilines is 1. The molecular formula is C25H28N4O3S. The van der Waals surface area contributed by atoms with Crippen LogP contribution in [0.25, 0.3) is 0 Å². The molecule has 2 aromatic carbocycles. The lowest BCUT2D eigenvalue weighted by molar-refractivity contribution is 0.188. The molecule has 0 unspecified atom stereocenters. The second-order valence-electron chi connectivity index (χ2n) is 8.48. The van der Waals surface area contributed by atoms with Crippen LogP contribution in [0.4, 0.5) is 10.5 Å². The van der Waals surface area contributed by atoms with Crippen LogP contribution in [0.1, 0.15) is 30.5 Å². The van der Waals surface area contributed by atoms with Crippen molar-refractivity contribution < 1.29 is 13.2 Å². The zero-order valence-corrected chi connectivity index (χ0v) is 19.4. The molecule has 0 radical (unpaired) electrons. The summed E-state index contributed by atoms with van der Waals surface area (Å²) >= 11 is 0. The van der Waals surface area contributed by atoms with E-state index in [1.165, 1.54) is 0 Å². The highest BCUT2D eigenvalue weighted by Crippen LogP contribution is 2.42. The predicted octanol–water partition coefficient (Wildman–Crippen LogP) is 4.15. The Kier molecular flexibility index (Phi) is 6.65. The van der Waals surface area contributed by atoms with Gasteiger partial charge in [0.05, 0.1) is 4.90 Å². The number of carbonyl (C=O) groups excluding carboxylic acids is 1. The van der Waals surface area contributed by atoms with Crippen LogP contribution in [0.2, 0.25) is 0 Å². The van der Waals surface area contributed by atoms with Crippen molar-refractivity contribution in [2.24, 2.45) is 0 Å². The monoisotopic (exact) mass is 464 g/mol. The standard InChI is InChI=1S/C25H28N4O3S/c1-29(24(30)27-19-25(14-8-15-25)23-13-5-6-16-26-23)18-20-9-7-10-21(17-20)28-33(31,32)22-11-3-2-4-12-22/h2-7,9-13,16-17,28H,8,14-15,18-19H2,1H3,(H,27,30). The largest absolute Gasteiger partial charge is 0.337 e. The summed E-state index contributed by atoms with van der Waals surface area (Å²) < 4.78 is 27.8. The van der Waals surface area contributed by atoms with Crippen LogP contribution in [-0.4, -0.2) is 37.9 Å². The van der Waals surface area contributed by atoms with E-state index >= 15 is 0 Å². The molecule has 33 heavy (non-hydrogen) atoms. The predicted molar refractivity (Wildman–Crippen MR) is 128 cm³/mol. The van der Waals surface area contributed by atoms with Crippen molar-refractivity contribution in [3.63, 3.8) is 0 Å². The summed E-state index contributed by atoms with van der Waals surface area (Å²) in [7, 11) is -1.95. The van der Waals surface area contributed by atoms with Gasteiger partial charge in [-0.1, -0.05) is 42.8 Å². The lowest BCUT2D eigenvalue weighted by Crippen LogP contribution is -2.48. The quantitative estimate of drug-likeness (QED) is 0.524. The van der Waals surface area contributed by atoms with Crippen LogP contribution in [0.5, 0.6) is 0 Å². The van der Waals surface area contributed by atoms with E-state index in [1.807, 2.05) is 24.3 Å². The number of aromatic nitrogens is 1. The lowest BCUT2D eigenvalue weighted by atomic mass is 9.66. The first-order valence-corrected chi connectivity index (χ1v) is 12.4. The molecular weight excluding hydrogens is 436 g/mol. The smallest absolute Gasteiger partial charge is 0.317 e. The molecule has 1 fully saturated rings. The highest BCUT2D eigenvalue weighted by molar-refractivity contribution is 7.92. The van der Waals surface area contributed by atoms with Gasteiger partial charge in [0.15, 0.2) is 0 Å². The molecule has 1 heterocycles. The number of nitrogens with one attached hydrogen (secondary N) is 2. The SMILES string of the molecule is CN(Cc1cccc(NS(=O)(=O)c2ccccc2)c1)C(=O)NCC1(c2ccccn2)CCC1. The number of pyridine rings is 1. The Balaban J connectivity index is 1.36. The van der Waals surface area contributed by atoms with Gasteiger partial charge in [0.1, 0.15) is 0 Å². The molecule has 0 spiro atoms. The number of nitrogens with zero attached hydrogens (tertiary/aromatic N) is 2. The molecule has 1 aliphatic carbocycles. The second-order valence-corrected chi connectivity index (χ2v) is 10.2. The molecule has 3 aromatic rings. The molecule has 1 aliphatic rings. The van der Waals surface area contributed by atoms with E-state index in [9.17, 15) is 13.2 Å². The van der Waals surface area contributed by atoms with Gasteiger partial charge in [-0.25, -0.2) is 13.2 Å². The molecule has 0 atom stereocenters. The average molecular weight is 465 g/mol. The first-order valence-electron chi connectivity index (χ1n) is 11.0. The summed E-state index contributed by atoms with van der Waals surface area (Å²) in [5, 5.41) is 3.05. The van der Waals surface area contributed by atoms with Gasteiger partial charge in [-0.15, -0.1) is 0 Å². The van der Waals surface area contributed by atoms with Crippen LogP contribution in [0, 0.1) is 0 Å². The number of hydrogen-bond acceptors (Lipinski definition) is 4. The lowest BCUT2D eigenvalue weighted by Gasteiger charge is -2.41. The van der Waals surface area contributed by atoms with Gasteiger partial charge in [-0.05, 0) is 54.8 Å². The zero-order valence-electron chi connectivity index (χ0n) is 18.6. The molecule has 0 saturated heterocycles. The zero-order chi connectivity index (χ0) is 23.3. The van der Waals surface area contributed by atoms with E-state index in [1.54, 1.807) is 66.7 Å². The number of amides is 2. The van der Waals surface area contributed by atoms with Crippen molar-refractivity contribution >= 4 is 21.7 Å². The van der Waals surface area contributed by atoms with Crippen LogP contribution >= 0.6 is 0 Å². The summed E-state index contributed by atoms with van der Waals surface area (Å²) in [6.45, 7) is 0.896. The third-order valence-electron chi connectivity index (χ3n) is 6.10. The van der Waals surface area contributed by atoms with Crippen LogP contribution < -0.4 is 10.0 Å². The molecule has 1 saturated carbocycles. The minimum atomic E-state index is -3.67. The van der Waals surface area contributed by atoms with E-state index < -0.39 is 10.0 Å². The highest BCUT2D eigenvalue weighted by atomic mass is 32.2. The Hall–Kier alpha value is -3.39. The van der Waals surface area contributed by atoms with Gasteiger partial charge in [-0.3, -0.25) is 9.71 Å². The fourth-order valence-electron chi connectivity index (χ4n) is 4.08. The molecule has 0 bridgehead atoms. The number of sulfonamides is 1. The number of hydrogen-bond donors (Lipinski definition) is 2. The number of rotatable bonds is 8. The maximum Gasteiger partial charge on any atom is 0.317 e. The normalized spacial score (nSPS) is 14.7. The van der Waals surface area contributed by atoms with Gasteiger partial charge in [-0.2, -0.15) is 0 Å². The van der Waals surface area contributed by atoms with Gasteiger partial charge < -0.3 is 10.2 Å². The van der Waals surface area contributed by atoms with Crippen LogP contribution in [0.3, 0.4) is 0 Å². The van der Waals surface area contributed by atoms with E-state index in [0.29, 0.717) is 18.8 Å². The first kappa shape index (κ1) is 22.8. The van der Waals surface area contributed by atoms with Crippen molar-refractivity contribution in [2.75, 3.05) is 18.3 Å². The minimum absolute atomic E-state index is 0.0899. The van der Waals surface area contributed by atoms with Gasteiger partial charge in [0.25, 0.3) is 10.0 Å². The summed E-state index contributed by atoms with van der Waals surface area (Å²) in [4.78, 5) is 19.0. The molecule has 2 amide bonds. The van der Waals surface area contributed by atoms with Crippen LogP contribution in [-0.2, 0) is 22.0 Å². The fourth-order valence-corrected chi connectivity index (χ4v) is 5.15. The van der Waals surface area contributed by atoms with Gasteiger partial charge in [0.2, 0.25) is 0 Å². The summed E-state index contributed by atoms with van der Waals surface area (Å²) in [6, 6.07) is 21.0. The second kappa shape index (κ2) is 9.62. The molecule has 0 aliphatic heterocycles. The van der Waals surface area contributed by atoms with Crippen molar-refractivity contribution in [2.45, 2.75) is 36.1 Å². The third kappa shape index (κ3) is 5.34. The van der Waals surface area contributed by atoms with E-state index in [0.717, 1.165) is 30.5 Å². The molecule has 8 heteroatoms. The fraction of sp³-hybridized carbons (Fsp3) is 0.280. The molecule has 2 N–H and O–H groups in total. The van der Waals surface area contributed by atoms with E-state index in [2.05, 4.69) is 15.0 Å². The first-order chi connectivity index (χ1) is 15.9. The molecule has 172 valence electrons. The van der Waals surface area contributed by atoms with Crippen molar-refractivity contribution in [3.05, 3.63) is 90.3 Å². The average Bonchev–Trinajstić information content (AvgIpc) is 2.79. The van der Waals surface area contributed by atoms with Crippen molar-refractivity contribution in [1.82, 2.24) is 15.2 Å². The van der Waals surface area contributed by atoms with E-state index in [4.69, 9.17) is 0 Å². The Morgan fingerprint density at radius 1 is 1.03 bits per heavy atom. The number of carbonyl (C=O) groups is 1. The summed E-state index contributed by atoms with van der Waals surface area (Å²) in [6.07, 6.45) is 4.95. The Morgan fingerprint density at radius 3 is 2.45 bits per heavy atom. The topological polar surface area (TPSA) is 91.4 Å². The highest BCUT2D eigenvalue weighted by Gasteiger charge is 2.40. The van der Waals surface area contributed by atoms with Crippen molar-refractivity contribution in [3.8, 4) is 0 Å². The third-order valence-corrected chi connectivity index (χ3v) is 7.49. The molecule has 1 aromatic heterocycles. The number of benzene rings is 2. The van der Waals surface area contributed by atoms with Gasteiger partial charge in [0, 0.05) is 43.1 Å². The molecule has 4 rings (SSSR count). The summed E-state index contributed by atoms with van der Waals surface area (Å²) in [5.74, 6) is 0. The Morgan fingerprint density at radius 2 is 1.79 bits per heavy atom. The van der Waals surface area contributed by atoms with Crippen molar-refractivity contribution in [1.29, 1.82) is 0 Å². The maximum atomic E-state index is 12.7. The Bertz CT molecular complexity index is 1200. The van der Waals surface area contributed by atoms with Gasteiger partial charge >= 0.3 is 6.03 Å². The summed E-state index contributed by atoms with van der Waals surface area (Å²) in [5.41, 5.74) is 2.21. The Labute approximate surface area is 194 Å². The number of urea groups is 1. The molecule has 7 nitrogen and oxygen atoms in total. The van der Waals surface area contributed by atoms with E-state index in [-0.39, 0.29) is 16.3 Å².